The van der Waals surface area contributed by atoms with Crippen LogP contribution in [0.4, 0.5) is 0 Å². The van der Waals surface area contributed by atoms with Crippen molar-refractivity contribution in [1.29, 1.82) is 0 Å². The van der Waals surface area contributed by atoms with Crippen molar-refractivity contribution in [3.63, 3.8) is 0 Å². The molecule has 0 aromatic rings. The van der Waals surface area contributed by atoms with Crippen molar-refractivity contribution >= 4 is 0 Å². The summed E-state index contributed by atoms with van der Waals surface area (Å²) < 4.78 is 15.1. The minimum Gasteiger partial charge on any atom is -0.382 e. The normalized spacial score (nSPS) is 11.1. The van der Waals surface area contributed by atoms with Crippen molar-refractivity contribution < 1.29 is 14.2 Å². The largest absolute Gasteiger partial charge is 0.382 e. The first-order valence-corrected chi connectivity index (χ1v) is 4.65. The molecule has 0 radical (unpaired) electrons. The van der Waals surface area contributed by atoms with Crippen LogP contribution in [-0.4, -0.2) is 46.3 Å². The van der Waals surface area contributed by atoms with Gasteiger partial charge >= 0.3 is 0 Å². The fourth-order valence-electron chi connectivity index (χ4n) is 0.739. The Bertz CT molecular complexity index is 98.9. The molecule has 0 heterocycles. The van der Waals surface area contributed by atoms with Gasteiger partial charge in [0.15, 0.2) is 0 Å². The molecule has 0 saturated carbocycles. The van der Waals surface area contributed by atoms with Gasteiger partial charge in [-0.05, 0) is 0 Å². The van der Waals surface area contributed by atoms with Crippen LogP contribution in [0, 0.1) is 0 Å². The first kappa shape index (κ1) is 12.8. The van der Waals surface area contributed by atoms with Gasteiger partial charge in [-0.1, -0.05) is 13.8 Å². The molecule has 80 valence electrons. The highest BCUT2D eigenvalue weighted by atomic mass is 16.7. The predicted octanol–water partition coefficient (Wildman–Crippen LogP) is 0.622. The Kier molecular flexibility index (Phi) is 9.80. The predicted molar refractivity (Wildman–Crippen MR) is 51.8 cm³/mol. The highest BCUT2D eigenvalue weighted by molar-refractivity contribution is 4.50. The molecule has 0 bridgehead atoms. The molecule has 0 aromatic heterocycles. The van der Waals surface area contributed by atoms with Gasteiger partial charge < -0.3 is 19.5 Å². The van der Waals surface area contributed by atoms with Gasteiger partial charge in [0, 0.05) is 19.7 Å². The number of nitrogens with one attached hydrogen (secondary N) is 1. The summed E-state index contributed by atoms with van der Waals surface area (Å²) in [6, 6.07) is 0.512. The maximum atomic E-state index is 5.19. The van der Waals surface area contributed by atoms with Gasteiger partial charge in [-0.25, -0.2) is 0 Å². The first-order chi connectivity index (χ1) is 6.27. The lowest BCUT2D eigenvalue weighted by Gasteiger charge is -2.08. The summed E-state index contributed by atoms with van der Waals surface area (Å²) in [6.45, 7) is 7.32. The topological polar surface area (TPSA) is 39.7 Å². The summed E-state index contributed by atoms with van der Waals surface area (Å²) in [7, 11) is 1.65. The van der Waals surface area contributed by atoms with Crippen LogP contribution in [0.5, 0.6) is 0 Å². The maximum absolute atomic E-state index is 5.19. The Morgan fingerprint density at radius 1 is 1.08 bits per heavy atom. The van der Waals surface area contributed by atoms with Gasteiger partial charge in [0.2, 0.25) is 0 Å². The second-order valence-electron chi connectivity index (χ2n) is 3.04. The van der Waals surface area contributed by atoms with Gasteiger partial charge in [-0.15, -0.1) is 0 Å². The lowest BCUT2D eigenvalue weighted by atomic mass is 10.4. The van der Waals surface area contributed by atoms with E-state index in [9.17, 15) is 0 Å². The van der Waals surface area contributed by atoms with Crippen molar-refractivity contribution in [2.75, 3.05) is 40.3 Å². The van der Waals surface area contributed by atoms with Gasteiger partial charge in [-0.2, -0.15) is 0 Å². The van der Waals surface area contributed by atoms with Crippen LogP contribution in [0.15, 0.2) is 0 Å². The van der Waals surface area contributed by atoms with Gasteiger partial charge in [0.05, 0.1) is 19.8 Å². The molecule has 1 N–H and O–H groups in total. The van der Waals surface area contributed by atoms with Crippen LogP contribution in [0.2, 0.25) is 0 Å². The summed E-state index contributed by atoms with van der Waals surface area (Å²) >= 11 is 0. The molecule has 0 saturated heterocycles. The van der Waals surface area contributed by atoms with E-state index in [1.54, 1.807) is 7.11 Å². The summed E-state index contributed by atoms with van der Waals surface area (Å²) in [5, 5.41) is 3.24. The fourth-order valence-corrected chi connectivity index (χ4v) is 0.739. The number of hydrogen-bond donors (Lipinski definition) is 1. The summed E-state index contributed by atoms with van der Waals surface area (Å²) in [4.78, 5) is 0. The summed E-state index contributed by atoms with van der Waals surface area (Å²) in [6.07, 6.45) is 0. The third kappa shape index (κ3) is 11.8. The number of rotatable bonds is 9. The van der Waals surface area contributed by atoms with Gasteiger partial charge in [-0.3, -0.25) is 0 Å². The highest BCUT2D eigenvalue weighted by Crippen LogP contribution is 1.80. The standard InChI is InChI=1S/C9H21NO3/c1-9(2)10-4-5-12-8-13-7-6-11-3/h9-10H,4-8H2,1-3H3. The fraction of sp³-hybridized carbons (Fsp3) is 1.00. The van der Waals surface area contributed by atoms with Crippen LogP contribution in [0.3, 0.4) is 0 Å². The quantitative estimate of drug-likeness (QED) is 0.428. The zero-order valence-electron chi connectivity index (χ0n) is 8.84. The molecule has 4 heteroatoms. The summed E-state index contributed by atoms with van der Waals surface area (Å²) in [5.74, 6) is 0. The average molecular weight is 191 g/mol. The van der Waals surface area contributed by atoms with Crippen molar-refractivity contribution in [2.24, 2.45) is 0 Å². The smallest absolute Gasteiger partial charge is 0.146 e. The molecule has 0 aliphatic carbocycles. The van der Waals surface area contributed by atoms with Crippen LogP contribution in [0.25, 0.3) is 0 Å². The highest BCUT2D eigenvalue weighted by Gasteiger charge is 1.91. The molecule has 0 fully saturated rings. The Morgan fingerprint density at radius 2 is 1.77 bits per heavy atom. The molecule has 0 spiro atoms. The number of ether oxygens (including phenoxy) is 3. The maximum Gasteiger partial charge on any atom is 0.146 e. The Labute approximate surface area is 80.5 Å². The van der Waals surface area contributed by atoms with E-state index in [0.717, 1.165) is 6.54 Å². The van der Waals surface area contributed by atoms with E-state index in [1.165, 1.54) is 0 Å². The van der Waals surface area contributed by atoms with Crippen molar-refractivity contribution in [1.82, 2.24) is 5.32 Å². The molecule has 0 aromatic carbocycles. The van der Waals surface area contributed by atoms with E-state index < -0.39 is 0 Å². The minimum absolute atomic E-state index is 0.350. The van der Waals surface area contributed by atoms with E-state index in [2.05, 4.69) is 19.2 Å². The second kappa shape index (κ2) is 9.92. The average Bonchev–Trinajstić information content (AvgIpc) is 2.09. The second-order valence-corrected chi connectivity index (χ2v) is 3.04. The van der Waals surface area contributed by atoms with E-state index in [1.807, 2.05) is 0 Å². The molecule has 4 nitrogen and oxygen atoms in total. The van der Waals surface area contributed by atoms with Crippen molar-refractivity contribution in [2.45, 2.75) is 19.9 Å². The molecule has 0 aliphatic rings. The monoisotopic (exact) mass is 191 g/mol. The van der Waals surface area contributed by atoms with Gasteiger partial charge in [0.1, 0.15) is 6.79 Å². The molecular formula is C9H21NO3. The SMILES string of the molecule is COCCOCOCCNC(C)C. The summed E-state index contributed by atoms with van der Waals surface area (Å²) in [5.41, 5.74) is 0. The van der Waals surface area contributed by atoms with Gasteiger partial charge in [0.25, 0.3) is 0 Å². The Balaban J connectivity index is 2.84. The third-order valence-electron chi connectivity index (χ3n) is 1.40. The molecule has 0 amide bonds. The zero-order valence-corrected chi connectivity index (χ0v) is 8.84. The van der Waals surface area contributed by atoms with Crippen LogP contribution < -0.4 is 5.32 Å². The minimum atomic E-state index is 0.350. The molecule has 13 heavy (non-hydrogen) atoms. The number of methoxy groups -OCH3 is 1. The lowest BCUT2D eigenvalue weighted by Crippen LogP contribution is -2.27. The van der Waals surface area contributed by atoms with Crippen LogP contribution >= 0.6 is 0 Å². The van der Waals surface area contributed by atoms with E-state index in [-0.39, 0.29) is 0 Å². The van der Waals surface area contributed by atoms with E-state index >= 15 is 0 Å². The zero-order chi connectivity index (χ0) is 9.94. The Morgan fingerprint density at radius 3 is 2.38 bits per heavy atom. The lowest BCUT2D eigenvalue weighted by molar-refractivity contribution is -0.0646. The molecule has 0 atom stereocenters. The molecule has 0 aliphatic heterocycles. The van der Waals surface area contributed by atoms with Crippen LogP contribution in [-0.2, 0) is 14.2 Å². The van der Waals surface area contributed by atoms with E-state index in [0.29, 0.717) is 32.7 Å². The Hall–Kier alpha value is -0.160. The van der Waals surface area contributed by atoms with Crippen molar-refractivity contribution in [3.8, 4) is 0 Å². The molecular weight excluding hydrogens is 170 g/mol. The number of hydrogen-bond acceptors (Lipinski definition) is 4. The molecule has 0 unspecified atom stereocenters. The molecule has 0 rings (SSSR count). The first-order valence-electron chi connectivity index (χ1n) is 4.65. The third-order valence-corrected chi connectivity index (χ3v) is 1.40. The van der Waals surface area contributed by atoms with Crippen LogP contribution in [0.1, 0.15) is 13.8 Å². The van der Waals surface area contributed by atoms with Crippen molar-refractivity contribution in [3.05, 3.63) is 0 Å². The van der Waals surface area contributed by atoms with E-state index in [4.69, 9.17) is 14.2 Å².